The third kappa shape index (κ3) is 7.16. The van der Waals surface area contributed by atoms with Crippen molar-refractivity contribution < 1.29 is 34.7 Å². The normalized spacial score (nSPS) is 28.2. The topological polar surface area (TPSA) is 123 Å². The number of rotatable bonds is 5. The maximum Gasteiger partial charge on any atom is 0.334 e. The van der Waals surface area contributed by atoms with Crippen LogP contribution in [0.4, 0.5) is 0 Å². The second-order valence-corrected chi connectivity index (χ2v) is 16.4. The summed E-state index contributed by atoms with van der Waals surface area (Å²) in [7, 11) is 0. The summed E-state index contributed by atoms with van der Waals surface area (Å²) in [5.74, 6) is -1.07. The Bertz CT molecular complexity index is 1000. The van der Waals surface area contributed by atoms with E-state index in [0.29, 0.717) is 38.5 Å². The maximum absolute atomic E-state index is 13.9. The minimum atomic E-state index is -0.666. The van der Waals surface area contributed by atoms with E-state index in [1.54, 1.807) is 0 Å². The monoisotopic (exact) mass is 581 g/mol. The molecule has 0 aromatic heterocycles. The van der Waals surface area contributed by atoms with E-state index in [1.807, 2.05) is 83.1 Å². The SMILES string of the molecule is CC1(C)CC(=C(CC(=O)OC2CC(C)(C)N(O)C(C)(C)C2)C(=O)OC2CC(C)(C)N(O)C(C)(C)C2)CC(C)(C)N1O. The van der Waals surface area contributed by atoms with Gasteiger partial charge in [-0.3, -0.25) is 4.79 Å². The lowest BCUT2D eigenvalue weighted by molar-refractivity contribution is -0.259. The zero-order valence-electron chi connectivity index (χ0n) is 27.4. The second-order valence-electron chi connectivity index (χ2n) is 16.4. The van der Waals surface area contributed by atoms with Gasteiger partial charge in [0.05, 0.1) is 6.42 Å². The fourth-order valence-corrected chi connectivity index (χ4v) is 7.75. The largest absolute Gasteiger partial charge is 0.462 e. The van der Waals surface area contributed by atoms with Gasteiger partial charge in [0.15, 0.2) is 0 Å². The van der Waals surface area contributed by atoms with Crippen molar-refractivity contribution >= 4 is 11.9 Å². The van der Waals surface area contributed by atoms with Crippen molar-refractivity contribution in [2.24, 2.45) is 0 Å². The highest BCUT2D eigenvalue weighted by atomic mass is 16.6. The molecular formula is C31H55N3O7. The summed E-state index contributed by atoms with van der Waals surface area (Å²) in [6, 6.07) is 0. The number of hydrogen-bond acceptors (Lipinski definition) is 10. The Kier molecular flexibility index (Phi) is 8.99. The molecule has 41 heavy (non-hydrogen) atoms. The van der Waals surface area contributed by atoms with Gasteiger partial charge in [-0.15, -0.1) is 0 Å². The van der Waals surface area contributed by atoms with E-state index in [9.17, 15) is 25.2 Å². The average molecular weight is 582 g/mol. The van der Waals surface area contributed by atoms with E-state index in [-0.39, 0.29) is 12.0 Å². The summed E-state index contributed by atoms with van der Waals surface area (Å²) >= 11 is 0. The maximum atomic E-state index is 13.9. The van der Waals surface area contributed by atoms with E-state index in [2.05, 4.69) is 0 Å². The summed E-state index contributed by atoms with van der Waals surface area (Å²) in [6.45, 7) is 22.9. The minimum Gasteiger partial charge on any atom is -0.462 e. The highest BCUT2D eigenvalue weighted by molar-refractivity contribution is 5.95. The quantitative estimate of drug-likeness (QED) is 0.278. The van der Waals surface area contributed by atoms with Crippen LogP contribution in [0, 0.1) is 0 Å². The number of nitrogens with zero attached hydrogens (tertiary/aromatic N) is 3. The van der Waals surface area contributed by atoms with Crippen molar-refractivity contribution in [2.45, 2.75) is 173 Å². The molecule has 0 radical (unpaired) electrons. The third-order valence-electron chi connectivity index (χ3n) is 9.21. The second kappa shape index (κ2) is 10.9. The highest BCUT2D eigenvalue weighted by Crippen LogP contribution is 2.43. The molecule has 0 aromatic carbocycles. The molecule has 0 bridgehead atoms. The van der Waals surface area contributed by atoms with Crippen LogP contribution >= 0.6 is 0 Å². The first-order chi connectivity index (χ1) is 18.3. The summed E-state index contributed by atoms with van der Waals surface area (Å²) < 4.78 is 12.1. The first-order valence-corrected chi connectivity index (χ1v) is 14.9. The van der Waals surface area contributed by atoms with E-state index in [0.717, 1.165) is 5.57 Å². The predicted molar refractivity (Wildman–Crippen MR) is 154 cm³/mol. The number of carbonyl (C=O) groups excluding carboxylic acids is 2. The van der Waals surface area contributed by atoms with Crippen LogP contribution in [0.3, 0.4) is 0 Å². The molecule has 0 amide bonds. The molecule has 0 atom stereocenters. The molecule has 0 aliphatic carbocycles. The van der Waals surface area contributed by atoms with Crippen LogP contribution in [0.25, 0.3) is 0 Å². The first kappa shape index (κ1) is 33.9. The Labute approximate surface area is 246 Å². The number of piperidine rings is 3. The van der Waals surface area contributed by atoms with Gasteiger partial charge >= 0.3 is 11.9 Å². The summed E-state index contributed by atoms with van der Waals surface area (Å²) in [5.41, 5.74) is -2.66. The zero-order valence-corrected chi connectivity index (χ0v) is 27.4. The van der Waals surface area contributed by atoms with Crippen molar-refractivity contribution in [1.82, 2.24) is 15.2 Å². The molecule has 3 saturated heterocycles. The van der Waals surface area contributed by atoms with Gasteiger partial charge in [0.1, 0.15) is 12.2 Å². The van der Waals surface area contributed by atoms with Gasteiger partial charge in [-0.1, -0.05) is 5.57 Å². The average Bonchev–Trinajstić information content (AvgIpc) is 2.76. The van der Waals surface area contributed by atoms with Gasteiger partial charge < -0.3 is 25.1 Å². The highest BCUT2D eigenvalue weighted by Gasteiger charge is 2.49. The van der Waals surface area contributed by atoms with Crippen molar-refractivity contribution in [3.63, 3.8) is 0 Å². The number of hydroxylamine groups is 6. The third-order valence-corrected chi connectivity index (χ3v) is 9.21. The first-order valence-electron chi connectivity index (χ1n) is 14.9. The van der Waals surface area contributed by atoms with Gasteiger partial charge in [0, 0.05) is 64.5 Å². The molecule has 3 N–H and O–H groups in total. The van der Waals surface area contributed by atoms with Crippen molar-refractivity contribution in [3.05, 3.63) is 11.1 Å². The number of hydrogen-bond donors (Lipinski definition) is 3. The summed E-state index contributed by atoms with van der Waals surface area (Å²) in [6.07, 6.45) is 1.47. The number of esters is 2. The van der Waals surface area contributed by atoms with Gasteiger partial charge in [-0.2, -0.15) is 15.2 Å². The van der Waals surface area contributed by atoms with Crippen LogP contribution < -0.4 is 0 Å². The molecule has 3 aliphatic rings. The molecule has 0 aromatic rings. The van der Waals surface area contributed by atoms with Crippen LogP contribution in [-0.2, 0) is 19.1 Å². The fraction of sp³-hybridized carbons (Fsp3) is 0.871. The van der Waals surface area contributed by atoms with E-state index in [1.165, 1.54) is 15.2 Å². The number of ether oxygens (including phenoxy) is 2. The predicted octanol–water partition coefficient (Wildman–Crippen LogP) is 5.62. The Hall–Kier alpha value is -1.56. The lowest BCUT2D eigenvalue weighted by Crippen LogP contribution is -2.61. The van der Waals surface area contributed by atoms with Gasteiger partial charge in [-0.25, -0.2) is 4.79 Å². The van der Waals surface area contributed by atoms with Gasteiger partial charge in [0.2, 0.25) is 0 Å². The zero-order chi connectivity index (χ0) is 31.6. The lowest BCUT2D eigenvalue weighted by atomic mass is 9.76. The Morgan fingerprint density at radius 3 is 1.29 bits per heavy atom. The molecule has 3 heterocycles. The number of carbonyl (C=O) groups is 2. The van der Waals surface area contributed by atoms with Crippen molar-refractivity contribution in [3.8, 4) is 0 Å². The smallest absolute Gasteiger partial charge is 0.334 e. The van der Waals surface area contributed by atoms with Gasteiger partial charge in [-0.05, 0) is 95.9 Å². The fourth-order valence-electron chi connectivity index (χ4n) is 7.75. The molecule has 3 rings (SSSR count). The molecule has 0 spiro atoms. The van der Waals surface area contributed by atoms with Crippen molar-refractivity contribution in [1.29, 1.82) is 0 Å². The molecule has 236 valence electrons. The molecule has 10 heteroatoms. The van der Waals surface area contributed by atoms with Crippen LogP contribution in [0.2, 0.25) is 0 Å². The van der Waals surface area contributed by atoms with E-state index < -0.39 is 57.4 Å². The standard InChI is InChI=1S/C31H55N3O7/c1-26(2)14-20(15-27(3,4)32(26)37)23(25(36)41-22-18-30(9,10)34(39)31(11,12)19-22)13-24(35)40-21-16-28(5,6)33(38)29(7,8)17-21/h21-22,37-39H,13-19H2,1-12H3. The molecular weight excluding hydrogens is 526 g/mol. The van der Waals surface area contributed by atoms with Crippen LogP contribution in [0.1, 0.15) is 128 Å². The molecule has 10 nitrogen and oxygen atoms in total. The van der Waals surface area contributed by atoms with Crippen molar-refractivity contribution in [2.75, 3.05) is 0 Å². The van der Waals surface area contributed by atoms with Crippen LogP contribution in [-0.4, -0.2) is 88.2 Å². The van der Waals surface area contributed by atoms with Gasteiger partial charge in [0.25, 0.3) is 0 Å². The molecule has 3 aliphatic heterocycles. The Morgan fingerprint density at radius 1 is 0.610 bits per heavy atom. The Morgan fingerprint density at radius 2 is 0.927 bits per heavy atom. The van der Waals surface area contributed by atoms with Crippen LogP contribution in [0.5, 0.6) is 0 Å². The molecule has 0 unspecified atom stereocenters. The van der Waals surface area contributed by atoms with E-state index >= 15 is 0 Å². The summed E-state index contributed by atoms with van der Waals surface area (Å²) in [4.78, 5) is 27.4. The molecule has 0 saturated carbocycles. The lowest BCUT2D eigenvalue weighted by Gasteiger charge is -2.51. The van der Waals surface area contributed by atoms with E-state index in [4.69, 9.17) is 9.47 Å². The Balaban J connectivity index is 1.90. The van der Waals surface area contributed by atoms with Crippen LogP contribution in [0.15, 0.2) is 11.1 Å². The summed E-state index contributed by atoms with van der Waals surface area (Å²) in [5, 5.41) is 36.2. The molecule has 3 fully saturated rings. The minimum absolute atomic E-state index is 0.239.